The van der Waals surface area contributed by atoms with Crippen molar-refractivity contribution < 1.29 is 47.7 Å². The molecule has 2 rings (SSSR count). The van der Waals surface area contributed by atoms with E-state index in [4.69, 9.17) is 10.2 Å². The second kappa shape index (κ2) is 15.0. The fraction of sp³-hybridized carbons (Fsp3) is 0.625. The van der Waals surface area contributed by atoms with Gasteiger partial charge in [-0.25, -0.2) is 0 Å². The molecule has 6 N–H and O–H groups in total. The molecule has 0 fully saturated rings. The van der Waals surface area contributed by atoms with Crippen LogP contribution >= 0.6 is 23.5 Å². The number of hydrogen-bond acceptors (Lipinski definition) is 8. The molecule has 1 radical (unpaired) electrons. The molecule has 0 spiro atoms. The average Bonchev–Trinajstić information content (AvgIpc) is 2.78. The van der Waals surface area contributed by atoms with Crippen molar-refractivity contribution >= 4 is 23.5 Å². The van der Waals surface area contributed by atoms with Gasteiger partial charge in [-0.15, -0.1) is 23.5 Å². The molecule has 0 aliphatic rings. The minimum Gasteiger partial charge on any atom is -0.504 e. The topological polar surface area (TPSA) is 121 Å². The van der Waals surface area contributed by atoms with Crippen molar-refractivity contribution in [3.8, 4) is 23.0 Å². The zero-order valence-electron chi connectivity index (χ0n) is 26.8. The first kappa shape index (κ1) is 39.8. The van der Waals surface area contributed by atoms with Crippen molar-refractivity contribution in [2.75, 3.05) is 24.7 Å². The minimum atomic E-state index is -0.248. The van der Waals surface area contributed by atoms with Gasteiger partial charge in [0.05, 0.1) is 23.0 Å². The second-order valence-corrected chi connectivity index (χ2v) is 16.4. The van der Waals surface area contributed by atoms with Gasteiger partial charge in [-0.2, -0.15) is 0 Å². The Balaban J connectivity index is 0.000000762. The number of phenolic OH excluding ortho intramolecular Hbond substituents is 4. The van der Waals surface area contributed by atoms with E-state index in [0.29, 0.717) is 21.3 Å². The van der Waals surface area contributed by atoms with Gasteiger partial charge in [0.1, 0.15) is 0 Å². The van der Waals surface area contributed by atoms with Crippen molar-refractivity contribution in [1.82, 2.24) is 0 Å². The molecular formula is C32H52CuO6S2+2. The van der Waals surface area contributed by atoms with Crippen LogP contribution in [-0.4, -0.2) is 55.4 Å². The van der Waals surface area contributed by atoms with E-state index in [1.807, 2.05) is 53.7 Å². The number of phenols is 4. The van der Waals surface area contributed by atoms with Crippen LogP contribution in [0.3, 0.4) is 0 Å². The summed E-state index contributed by atoms with van der Waals surface area (Å²) in [7, 11) is 0. The van der Waals surface area contributed by atoms with Gasteiger partial charge in [-0.3, -0.25) is 0 Å². The Morgan fingerprint density at radius 3 is 0.902 bits per heavy atom. The molecule has 0 saturated heterocycles. The van der Waals surface area contributed by atoms with Gasteiger partial charge in [0.25, 0.3) is 0 Å². The van der Waals surface area contributed by atoms with Crippen LogP contribution in [0.5, 0.6) is 23.0 Å². The zero-order valence-corrected chi connectivity index (χ0v) is 29.4. The van der Waals surface area contributed by atoms with E-state index in [1.54, 1.807) is 0 Å². The Morgan fingerprint density at radius 2 is 0.707 bits per heavy atom. The molecule has 2 aromatic carbocycles. The first-order valence-corrected chi connectivity index (χ1v) is 15.6. The summed E-state index contributed by atoms with van der Waals surface area (Å²) in [5.74, 6) is 0.745. The second-order valence-electron chi connectivity index (χ2n) is 14.1. The molecule has 0 atom stereocenters. The molecule has 41 heavy (non-hydrogen) atoms. The Hall–Kier alpha value is -1.22. The number of aliphatic hydroxyl groups excluding tert-OH is 2. The first-order valence-electron chi connectivity index (χ1n) is 13.7. The molecule has 237 valence electrons. The molecular weight excluding hydrogens is 608 g/mol. The third-order valence-electron chi connectivity index (χ3n) is 6.36. The van der Waals surface area contributed by atoms with Gasteiger partial charge in [-0.1, -0.05) is 83.1 Å². The van der Waals surface area contributed by atoms with Crippen LogP contribution in [0.1, 0.15) is 105 Å². The van der Waals surface area contributed by atoms with E-state index < -0.39 is 0 Å². The van der Waals surface area contributed by atoms with Crippen LogP contribution in [0.25, 0.3) is 0 Å². The number of thioether (sulfide) groups is 2. The maximum absolute atomic E-state index is 10.4. The Bertz CT molecular complexity index is 1060. The van der Waals surface area contributed by atoms with Crippen molar-refractivity contribution in [3.05, 3.63) is 34.4 Å². The molecule has 0 saturated carbocycles. The third-order valence-corrected chi connectivity index (χ3v) is 8.54. The van der Waals surface area contributed by atoms with Crippen LogP contribution in [-0.2, 0) is 38.7 Å². The Labute approximate surface area is 266 Å². The number of benzene rings is 2. The van der Waals surface area contributed by atoms with E-state index in [9.17, 15) is 20.4 Å². The van der Waals surface area contributed by atoms with E-state index in [0.717, 1.165) is 22.3 Å². The normalized spacial score (nSPS) is 12.4. The summed E-state index contributed by atoms with van der Waals surface area (Å²) in [6, 6.07) is 3.96. The minimum absolute atomic E-state index is 0. The molecule has 0 aliphatic carbocycles. The average molecular weight is 660 g/mol. The van der Waals surface area contributed by atoms with Crippen molar-refractivity contribution in [2.45, 2.75) is 115 Å². The van der Waals surface area contributed by atoms with Crippen LogP contribution in [0.2, 0.25) is 0 Å². The van der Waals surface area contributed by atoms with Gasteiger partial charge in [0.15, 0.2) is 23.0 Å². The van der Waals surface area contributed by atoms with E-state index in [1.165, 1.54) is 23.5 Å². The standard InChI is InChI=1S/2C16H26O3S.Cu/c2*1-15(2,3)10-9-11(16(4,5)6)14(20-8-7-17)13(19)12(10)18;/h2*9,17-19H,7-8H2,1-6H3;/q;;+2. The predicted octanol–water partition coefficient (Wildman–Crippen LogP) is 7.55. The number of aromatic hydroxyl groups is 4. The molecule has 2 aromatic rings. The summed E-state index contributed by atoms with van der Waals surface area (Å²) in [5.41, 5.74) is 2.68. The summed E-state index contributed by atoms with van der Waals surface area (Å²) in [4.78, 5) is 1.33. The monoisotopic (exact) mass is 659 g/mol. The SMILES string of the molecule is CC(C)(C)c1cc(C(C)(C)C)c(SCCO)c(O)c1O.CC(C)(C)c1cc(C(C)(C)C)c(SCCO)c(O)c1O.[Cu+2]. The molecule has 0 heterocycles. The molecule has 0 aromatic heterocycles. The van der Waals surface area contributed by atoms with Crippen molar-refractivity contribution in [1.29, 1.82) is 0 Å². The summed E-state index contributed by atoms with van der Waals surface area (Å²) in [6.07, 6.45) is 0. The van der Waals surface area contributed by atoms with Gasteiger partial charge in [-0.05, 0) is 44.9 Å². The number of aliphatic hydroxyl groups is 2. The van der Waals surface area contributed by atoms with Crippen LogP contribution in [0.15, 0.2) is 21.9 Å². The zero-order chi connectivity index (χ0) is 31.4. The summed E-state index contributed by atoms with van der Waals surface area (Å²) in [5, 5.41) is 59.3. The summed E-state index contributed by atoms with van der Waals surface area (Å²) in [6.45, 7) is 24.6. The van der Waals surface area contributed by atoms with E-state index in [-0.39, 0.29) is 74.9 Å². The summed E-state index contributed by atoms with van der Waals surface area (Å²) >= 11 is 2.75. The first-order chi connectivity index (χ1) is 18.0. The van der Waals surface area contributed by atoms with E-state index >= 15 is 0 Å². The molecule has 0 aliphatic heterocycles. The van der Waals surface area contributed by atoms with Gasteiger partial charge in [0.2, 0.25) is 0 Å². The van der Waals surface area contributed by atoms with E-state index in [2.05, 4.69) is 41.5 Å². The van der Waals surface area contributed by atoms with Crippen molar-refractivity contribution in [2.24, 2.45) is 0 Å². The molecule has 9 heteroatoms. The van der Waals surface area contributed by atoms with Crippen LogP contribution < -0.4 is 0 Å². The fourth-order valence-corrected chi connectivity index (χ4v) is 6.23. The third kappa shape index (κ3) is 10.5. The quantitative estimate of drug-likeness (QED) is 0.107. The molecule has 0 bridgehead atoms. The largest absolute Gasteiger partial charge is 2.00 e. The Kier molecular flexibility index (Phi) is 14.5. The number of hydrogen-bond donors (Lipinski definition) is 6. The van der Waals surface area contributed by atoms with Gasteiger partial charge < -0.3 is 30.6 Å². The Morgan fingerprint density at radius 1 is 0.463 bits per heavy atom. The maximum Gasteiger partial charge on any atom is 2.00 e. The smallest absolute Gasteiger partial charge is 0.504 e. The predicted molar refractivity (Wildman–Crippen MR) is 170 cm³/mol. The van der Waals surface area contributed by atoms with Gasteiger partial charge >= 0.3 is 17.1 Å². The molecule has 6 nitrogen and oxygen atoms in total. The molecule has 0 unspecified atom stereocenters. The van der Waals surface area contributed by atoms with Gasteiger partial charge in [0, 0.05) is 22.6 Å². The number of rotatable bonds is 6. The van der Waals surface area contributed by atoms with Crippen molar-refractivity contribution in [3.63, 3.8) is 0 Å². The maximum atomic E-state index is 10.4. The van der Waals surface area contributed by atoms with Crippen LogP contribution in [0.4, 0.5) is 0 Å². The van der Waals surface area contributed by atoms with Crippen LogP contribution in [0, 0.1) is 0 Å². The summed E-state index contributed by atoms with van der Waals surface area (Å²) < 4.78 is 0. The molecule has 0 amide bonds. The fourth-order valence-electron chi connectivity index (χ4n) is 4.13.